The summed E-state index contributed by atoms with van der Waals surface area (Å²) in [5, 5.41) is 14.5. The molecule has 0 aromatic rings. The van der Waals surface area contributed by atoms with Crippen LogP contribution in [0.4, 0.5) is 0 Å². The molecule has 0 saturated carbocycles. The van der Waals surface area contributed by atoms with Crippen LogP contribution in [0.1, 0.15) is 6.42 Å². The van der Waals surface area contributed by atoms with Gasteiger partial charge in [-0.3, -0.25) is 4.79 Å². The van der Waals surface area contributed by atoms with Crippen LogP contribution in [0, 0.1) is 0 Å². The molecule has 0 spiro atoms. The minimum absolute atomic E-state index is 0.00294. The van der Waals surface area contributed by atoms with E-state index in [2.05, 4.69) is 10.6 Å². The van der Waals surface area contributed by atoms with Crippen LogP contribution in [-0.2, 0) is 14.3 Å². The molecule has 6 nitrogen and oxygen atoms in total. The average molecular weight is 234 g/mol. The number of aliphatic hydroxyl groups excluding tert-OH is 1. The summed E-state index contributed by atoms with van der Waals surface area (Å²) >= 11 is 0. The van der Waals surface area contributed by atoms with E-state index in [1.165, 1.54) is 0 Å². The molecule has 0 aliphatic heterocycles. The lowest BCUT2D eigenvalue weighted by Crippen LogP contribution is -2.42. The number of aliphatic hydroxyl groups is 1. The molecule has 1 unspecified atom stereocenters. The van der Waals surface area contributed by atoms with Crippen molar-refractivity contribution in [3.05, 3.63) is 0 Å². The molecule has 0 heterocycles. The third kappa shape index (κ3) is 8.60. The largest absolute Gasteiger partial charge is 0.396 e. The summed E-state index contributed by atoms with van der Waals surface area (Å²) in [6.45, 7) is 1.78. The van der Waals surface area contributed by atoms with Crippen molar-refractivity contribution in [3.63, 3.8) is 0 Å². The van der Waals surface area contributed by atoms with E-state index >= 15 is 0 Å². The van der Waals surface area contributed by atoms with E-state index in [4.69, 9.17) is 14.6 Å². The van der Waals surface area contributed by atoms with E-state index < -0.39 is 0 Å². The smallest absolute Gasteiger partial charge is 0.234 e. The Hall–Kier alpha value is -0.690. The van der Waals surface area contributed by atoms with Gasteiger partial charge in [0.25, 0.3) is 0 Å². The predicted molar refractivity (Wildman–Crippen MR) is 60.3 cm³/mol. The standard InChI is InChI=1S/C10H22N2O4/c1-15-6-4-11-10(14)7-12-9(3-5-13)8-16-2/h9,12-13H,3-8H2,1-2H3,(H,11,14). The van der Waals surface area contributed by atoms with Gasteiger partial charge in [-0.1, -0.05) is 0 Å². The number of methoxy groups -OCH3 is 2. The number of amides is 1. The topological polar surface area (TPSA) is 79.8 Å². The van der Waals surface area contributed by atoms with Crippen molar-refractivity contribution < 1.29 is 19.4 Å². The van der Waals surface area contributed by atoms with Crippen LogP contribution in [0.2, 0.25) is 0 Å². The highest BCUT2D eigenvalue weighted by Crippen LogP contribution is 1.90. The van der Waals surface area contributed by atoms with E-state index in [0.29, 0.717) is 26.2 Å². The molecular formula is C10H22N2O4. The molecule has 1 amide bonds. The number of carbonyl (C=O) groups excluding carboxylic acids is 1. The first kappa shape index (κ1) is 15.3. The predicted octanol–water partition coefficient (Wildman–Crippen LogP) is -1.26. The minimum atomic E-state index is -0.0870. The molecule has 0 bridgehead atoms. The van der Waals surface area contributed by atoms with Crippen molar-refractivity contribution in [1.82, 2.24) is 10.6 Å². The fourth-order valence-electron chi connectivity index (χ4n) is 1.19. The lowest BCUT2D eigenvalue weighted by molar-refractivity contribution is -0.120. The number of hydrogen-bond acceptors (Lipinski definition) is 5. The van der Waals surface area contributed by atoms with Crippen molar-refractivity contribution in [2.75, 3.05) is 47.1 Å². The average Bonchev–Trinajstić information content (AvgIpc) is 2.27. The second-order valence-electron chi connectivity index (χ2n) is 3.39. The van der Waals surface area contributed by atoms with E-state index in [9.17, 15) is 4.79 Å². The molecule has 16 heavy (non-hydrogen) atoms. The van der Waals surface area contributed by atoms with Crippen molar-refractivity contribution >= 4 is 5.91 Å². The second kappa shape index (κ2) is 10.8. The Morgan fingerprint density at radius 2 is 2.12 bits per heavy atom. The summed E-state index contributed by atoms with van der Waals surface area (Å²) in [4.78, 5) is 11.3. The maximum absolute atomic E-state index is 11.3. The summed E-state index contributed by atoms with van der Waals surface area (Å²) in [6, 6.07) is 0.00294. The highest BCUT2D eigenvalue weighted by Gasteiger charge is 2.09. The van der Waals surface area contributed by atoms with Gasteiger partial charge in [-0.2, -0.15) is 0 Å². The van der Waals surface area contributed by atoms with Crippen LogP contribution >= 0.6 is 0 Å². The lowest BCUT2D eigenvalue weighted by atomic mass is 10.2. The van der Waals surface area contributed by atoms with Gasteiger partial charge in [0, 0.05) is 33.4 Å². The van der Waals surface area contributed by atoms with Crippen LogP contribution in [0.15, 0.2) is 0 Å². The van der Waals surface area contributed by atoms with Crippen LogP contribution < -0.4 is 10.6 Å². The monoisotopic (exact) mass is 234 g/mol. The van der Waals surface area contributed by atoms with E-state index in [1.807, 2.05) is 0 Å². The Bertz CT molecular complexity index is 172. The zero-order valence-corrected chi connectivity index (χ0v) is 9.99. The highest BCUT2D eigenvalue weighted by molar-refractivity contribution is 5.77. The Morgan fingerprint density at radius 3 is 2.69 bits per heavy atom. The first-order valence-electron chi connectivity index (χ1n) is 5.33. The van der Waals surface area contributed by atoms with Crippen LogP contribution in [0.5, 0.6) is 0 Å². The Labute approximate surface area is 96.3 Å². The third-order valence-electron chi connectivity index (χ3n) is 2.03. The van der Waals surface area contributed by atoms with Crippen molar-refractivity contribution in [3.8, 4) is 0 Å². The first-order chi connectivity index (χ1) is 7.74. The van der Waals surface area contributed by atoms with Gasteiger partial charge in [0.15, 0.2) is 0 Å². The third-order valence-corrected chi connectivity index (χ3v) is 2.03. The summed E-state index contributed by atoms with van der Waals surface area (Å²) in [6.07, 6.45) is 0.569. The number of rotatable bonds is 10. The molecule has 0 aromatic carbocycles. The summed E-state index contributed by atoms with van der Waals surface area (Å²) < 4.78 is 9.77. The molecule has 0 aliphatic carbocycles. The fourth-order valence-corrected chi connectivity index (χ4v) is 1.19. The molecule has 3 N–H and O–H groups in total. The van der Waals surface area contributed by atoms with E-state index in [1.54, 1.807) is 14.2 Å². The molecule has 1 atom stereocenters. The molecule has 0 saturated heterocycles. The number of ether oxygens (including phenoxy) is 2. The minimum Gasteiger partial charge on any atom is -0.396 e. The second-order valence-corrected chi connectivity index (χ2v) is 3.39. The lowest BCUT2D eigenvalue weighted by Gasteiger charge is -2.16. The van der Waals surface area contributed by atoms with Gasteiger partial charge in [-0.15, -0.1) is 0 Å². The normalized spacial score (nSPS) is 12.4. The fraction of sp³-hybridized carbons (Fsp3) is 0.900. The molecular weight excluding hydrogens is 212 g/mol. The molecule has 0 aliphatic rings. The van der Waals surface area contributed by atoms with Gasteiger partial charge in [-0.05, 0) is 6.42 Å². The first-order valence-corrected chi connectivity index (χ1v) is 5.33. The van der Waals surface area contributed by atoms with Crippen molar-refractivity contribution in [2.45, 2.75) is 12.5 Å². The van der Waals surface area contributed by atoms with Gasteiger partial charge in [0.2, 0.25) is 5.91 Å². The summed E-state index contributed by atoms with van der Waals surface area (Å²) in [5.74, 6) is -0.0870. The van der Waals surface area contributed by atoms with Gasteiger partial charge < -0.3 is 25.2 Å². The zero-order chi connectivity index (χ0) is 12.2. The highest BCUT2D eigenvalue weighted by atomic mass is 16.5. The summed E-state index contributed by atoms with van der Waals surface area (Å²) in [7, 11) is 3.17. The molecule has 0 rings (SSSR count). The summed E-state index contributed by atoms with van der Waals surface area (Å²) in [5.41, 5.74) is 0. The van der Waals surface area contributed by atoms with E-state index in [0.717, 1.165) is 0 Å². The zero-order valence-electron chi connectivity index (χ0n) is 9.99. The maximum Gasteiger partial charge on any atom is 0.234 e. The molecule has 0 aromatic heterocycles. The quantitative estimate of drug-likeness (QED) is 0.411. The molecule has 6 heteroatoms. The SMILES string of the molecule is COCCNC(=O)CNC(CCO)COC. The molecule has 96 valence electrons. The van der Waals surface area contributed by atoms with Crippen LogP contribution in [0.25, 0.3) is 0 Å². The Balaban J connectivity index is 3.60. The van der Waals surface area contributed by atoms with Gasteiger partial charge in [0.05, 0.1) is 19.8 Å². The van der Waals surface area contributed by atoms with Gasteiger partial charge >= 0.3 is 0 Å². The number of nitrogens with one attached hydrogen (secondary N) is 2. The van der Waals surface area contributed by atoms with Crippen molar-refractivity contribution in [1.29, 1.82) is 0 Å². The van der Waals surface area contributed by atoms with Gasteiger partial charge in [0.1, 0.15) is 0 Å². The van der Waals surface area contributed by atoms with Crippen LogP contribution in [0.3, 0.4) is 0 Å². The number of hydrogen-bond donors (Lipinski definition) is 3. The van der Waals surface area contributed by atoms with Crippen LogP contribution in [-0.4, -0.2) is 64.2 Å². The maximum atomic E-state index is 11.3. The molecule has 0 radical (unpaired) electrons. The van der Waals surface area contributed by atoms with Gasteiger partial charge in [-0.25, -0.2) is 0 Å². The van der Waals surface area contributed by atoms with Crippen molar-refractivity contribution in [2.24, 2.45) is 0 Å². The van der Waals surface area contributed by atoms with E-state index in [-0.39, 0.29) is 25.1 Å². The number of carbonyl (C=O) groups is 1. The Morgan fingerprint density at radius 1 is 1.38 bits per heavy atom. The Kier molecular flexibility index (Phi) is 10.3. The molecule has 0 fully saturated rings.